The normalized spacial score (nSPS) is 10.9. The van der Waals surface area contributed by atoms with Crippen molar-refractivity contribution in [2.24, 2.45) is 11.7 Å². The molecule has 0 saturated carbocycles. The van der Waals surface area contributed by atoms with Crippen molar-refractivity contribution in [1.82, 2.24) is 0 Å². The van der Waals surface area contributed by atoms with Crippen LogP contribution in [0.25, 0.3) is 0 Å². The molecular weight excluding hydrogens is 294 g/mol. The Kier molecular flexibility index (Phi) is 7.32. The maximum Gasteiger partial charge on any atom is 0.136 e. The van der Waals surface area contributed by atoms with Gasteiger partial charge in [-0.05, 0) is 46.4 Å². The zero-order chi connectivity index (χ0) is 13.4. The minimum absolute atomic E-state index is 0.557. The molecule has 18 heavy (non-hydrogen) atoms. The lowest BCUT2D eigenvalue weighted by atomic mass is 10.1. The molecule has 1 aromatic carbocycles. The van der Waals surface area contributed by atoms with E-state index < -0.39 is 0 Å². The van der Waals surface area contributed by atoms with Crippen LogP contribution in [-0.2, 0) is 11.2 Å². The molecule has 0 saturated heterocycles. The Morgan fingerprint density at radius 3 is 2.72 bits per heavy atom. The lowest BCUT2D eigenvalue weighted by Gasteiger charge is -2.13. The van der Waals surface area contributed by atoms with E-state index in [1.54, 1.807) is 0 Å². The molecule has 0 aliphatic carbocycles. The topological polar surface area (TPSA) is 44.5 Å². The number of para-hydroxylation sites is 1. The van der Waals surface area contributed by atoms with Crippen molar-refractivity contribution in [3.8, 4) is 5.75 Å². The van der Waals surface area contributed by atoms with Crippen molar-refractivity contribution >= 4 is 15.9 Å². The predicted molar refractivity (Wildman–Crippen MR) is 78.1 cm³/mol. The Hall–Kier alpha value is -0.580. The summed E-state index contributed by atoms with van der Waals surface area (Å²) in [5, 5.41) is 0. The smallest absolute Gasteiger partial charge is 0.136 e. The van der Waals surface area contributed by atoms with E-state index in [-0.39, 0.29) is 0 Å². The van der Waals surface area contributed by atoms with Crippen molar-refractivity contribution in [1.29, 1.82) is 0 Å². The van der Waals surface area contributed by atoms with Crippen LogP contribution in [0.2, 0.25) is 0 Å². The van der Waals surface area contributed by atoms with Crippen LogP contribution in [0.4, 0.5) is 0 Å². The Labute approximate surface area is 118 Å². The van der Waals surface area contributed by atoms with E-state index in [4.69, 9.17) is 15.2 Å². The number of nitrogens with two attached hydrogens (primary N) is 1. The second-order valence-corrected chi connectivity index (χ2v) is 5.44. The van der Waals surface area contributed by atoms with Crippen LogP contribution in [0.5, 0.6) is 5.75 Å². The molecule has 0 fully saturated rings. The Morgan fingerprint density at radius 2 is 2.06 bits per heavy atom. The first-order valence-electron chi connectivity index (χ1n) is 6.33. The zero-order valence-electron chi connectivity index (χ0n) is 11.1. The highest BCUT2D eigenvalue weighted by atomic mass is 79.9. The van der Waals surface area contributed by atoms with Gasteiger partial charge in [0.05, 0.1) is 11.1 Å². The standard InChI is InChI=1S/C14H22BrNO2/c1-11(2)10-17-8-9-18-14-12(6-7-16)4-3-5-13(14)15/h3-5,11H,6-10,16H2,1-2H3. The Bertz CT molecular complexity index is 356. The lowest BCUT2D eigenvalue weighted by molar-refractivity contribution is 0.0814. The third-order valence-corrected chi connectivity index (χ3v) is 3.01. The summed E-state index contributed by atoms with van der Waals surface area (Å²) in [4.78, 5) is 0. The highest BCUT2D eigenvalue weighted by Gasteiger charge is 2.07. The molecule has 1 aromatic rings. The van der Waals surface area contributed by atoms with Gasteiger partial charge in [-0.1, -0.05) is 26.0 Å². The van der Waals surface area contributed by atoms with Gasteiger partial charge in [0.25, 0.3) is 0 Å². The second-order valence-electron chi connectivity index (χ2n) is 4.58. The third-order valence-electron chi connectivity index (χ3n) is 2.39. The SMILES string of the molecule is CC(C)COCCOc1c(Br)cccc1CCN. The van der Waals surface area contributed by atoms with Gasteiger partial charge in [0.2, 0.25) is 0 Å². The number of benzene rings is 1. The molecule has 102 valence electrons. The average molecular weight is 316 g/mol. The number of rotatable bonds is 8. The molecule has 2 N–H and O–H groups in total. The van der Waals surface area contributed by atoms with Crippen molar-refractivity contribution in [3.05, 3.63) is 28.2 Å². The summed E-state index contributed by atoms with van der Waals surface area (Å²) in [6, 6.07) is 6.02. The van der Waals surface area contributed by atoms with Gasteiger partial charge in [-0.2, -0.15) is 0 Å². The van der Waals surface area contributed by atoms with Gasteiger partial charge in [-0.3, -0.25) is 0 Å². The van der Waals surface area contributed by atoms with E-state index in [0.29, 0.717) is 25.7 Å². The fraction of sp³-hybridized carbons (Fsp3) is 0.571. The van der Waals surface area contributed by atoms with Crippen LogP contribution in [0, 0.1) is 5.92 Å². The molecule has 0 heterocycles. The minimum atomic E-state index is 0.557. The first-order chi connectivity index (χ1) is 8.65. The Morgan fingerprint density at radius 1 is 1.28 bits per heavy atom. The summed E-state index contributed by atoms with van der Waals surface area (Å²) in [6.07, 6.45) is 0.821. The van der Waals surface area contributed by atoms with E-state index >= 15 is 0 Å². The summed E-state index contributed by atoms with van der Waals surface area (Å²) < 4.78 is 12.2. The van der Waals surface area contributed by atoms with Crippen LogP contribution < -0.4 is 10.5 Å². The average Bonchev–Trinajstić information content (AvgIpc) is 2.32. The van der Waals surface area contributed by atoms with Crippen molar-refractivity contribution < 1.29 is 9.47 Å². The molecule has 0 aliphatic heterocycles. The summed E-state index contributed by atoms with van der Waals surface area (Å²) in [6.45, 7) is 6.84. The van der Waals surface area contributed by atoms with E-state index in [9.17, 15) is 0 Å². The van der Waals surface area contributed by atoms with Gasteiger partial charge >= 0.3 is 0 Å². The largest absolute Gasteiger partial charge is 0.490 e. The van der Waals surface area contributed by atoms with Crippen LogP contribution in [-0.4, -0.2) is 26.4 Å². The first kappa shape index (κ1) is 15.5. The molecule has 0 bridgehead atoms. The molecule has 0 radical (unpaired) electrons. The van der Waals surface area contributed by atoms with Crippen molar-refractivity contribution in [3.63, 3.8) is 0 Å². The van der Waals surface area contributed by atoms with E-state index in [2.05, 4.69) is 29.8 Å². The lowest BCUT2D eigenvalue weighted by Crippen LogP contribution is -2.12. The second kappa shape index (κ2) is 8.51. The summed E-state index contributed by atoms with van der Waals surface area (Å²) >= 11 is 3.50. The predicted octanol–water partition coefficient (Wildman–Crippen LogP) is 3.00. The van der Waals surface area contributed by atoms with Gasteiger partial charge < -0.3 is 15.2 Å². The van der Waals surface area contributed by atoms with Gasteiger partial charge in [-0.15, -0.1) is 0 Å². The zero-order valence-corrected chi connectivity index (χ0v) is 12.7. The molecule has 0 aliphatic rings. The Balaban J connectivity index is 2.45. The molecule has 0 unspecified atom stereocenters. The van der Waals surface area contributed by atoms with Crippen molar-refractivity contribution in [2.75, 3.05) is 26.4 Å². The molecule has 0 amide bonds. The molecule has 0 spiro atoms. The maximum atomic E-state index is 5.77. The summed E-state index contributed by atoms with van der Waals surface area (Å²) in [7, 11) is 0. The van der Waals surface area contributed by atoms with Gasteiger partial charge in [0, 0.05) is 6.61 Å². The van der Waals surface area contributed by atoms with E-state index in [0.717, 1.165) is 28.8 Å². The summed E-state index contributed by atoms with van der Waals surface area (Å²) in [5.74, 6) is 1.44. The number of ether oxygens (including phenoxy) is 2. The maximum absolute atomic E-state index is 5.77. The monoisotopic (exact) mass is 315 g/mol. The molecular formula is C14H22BrNO2. The molecule has 4 heteroatoms. The van der Waals surface area contributed by atoms with E-state index in [1.165, 1.54) is 0 Å². The van der Waals surface area contributed by atoms with Gasteiger partial charge in [-0.25, -0.2) is 0 Å². The quantitative estimate of drug-likeness (QED) is 0.750. The number of hydrogen-bond donors (Lipinski definition) is 1. The minimum Gasteiger partial charge on any atom is -0.490 e. The van der Waals surface area contributed by atoms with Crippen LogP contribution in [0.3, 0.4) is 0 Å². The molecule has 0 atom stereocenters. The van der Waals surface area contributed by atoms with Gasteiger partial charge in [0.15, 0.2) is 0 Å². The van der Waals surface area contributed by atoms with E-state index in [1.807, 2.05) is 18.2 Å². The fourth-order valence-corrected chi connectivity index (χ4v) is 2.11. The third kappa shape index (κ3) is 5.38. The number of hydrogen-bond acceptors (Lipinski definition) is 3. The van der Waals surface area contributed by atoms with Crippen LogP contribution >= 0.6 is 15.9 Å². The molecule has 0 aromatic heterocycles. The number of halogens is 1. The van der Waals surface area contributed by atoms with Crippen LogP contribution in [0.15, 0.2) is 22.7 Å². The fourth-order valence-electron chi connectivity index (χ4n) is 1.59. The van der Waals surface area contributed by atoms with Crippen molar-refractivity contribution in [2.45, 2.75) is 20.3 Å². The highest BCUT2D eigenvalue weighted by molar-refractivity contribution is 9.10. The molecule has 3 nitrogen and oxygen atoms in total. The highest BCUT2D eigenvalue weighted by Crippen LogP contribution is 2.29. The molecule has 1 rings (SSSR count). The summed E-state index contributed by atoms with van der Waals surface area (Å²) in [5.41, 5.74) is 6.73. The first-order valence-corrected chi connectivity index (χ1v) is 7.12. The van der Waals surface area contributed by atoms with Gasteiger partial charge in [0.1, 0.15) is 12.4 Å². The van der Waals surface area contributed by atoms with Crippen LogP contribution in [0.1, 0.15) is 19.4 Å².